The Kier molecular flexibility index (Phi) is 4.55. The molecule has 0 aliphatic carbocycles. The Labute approximate surface area is 143 Å². The van der Waals surface area contributed by atoms with Crippen molar-refractivity contribution in [3.63, 3.8) is 0 Å². The maximum atomic E-state index is 12.3. The molecular formula is C17H13Cl2NO3. The molecule has 3 rings (SSSR count). The summed E-state index contributed by atoms with van der Waals surface area (Å²) < 4.78 is 5.31. The molecule has 1 unspecified atom stereocenters. The fourth-order valence-corrected chi connectivity index (χ4v) is 2.92. The summed E-state index contributed by atoms with van der Waals surface area (Å²) in [4.78, 5) is 26.0. The summed E-state index contributed by atoms with van der Waals surface area (Å²) in [5, 5.41) is 0.959. The lowest BCUT2D eigenvalue weighted by molar-refractivity contribution is -0.139. The Morgan fingerprint density at radius 1 is 1.13 bits per heavy atom. The number of para-hydroxylation sites is 1. The van der Waals surface area contributed by atoms with Crippen LogP contribution in [0.25, 0.3) is 0 Å². The first-order valence-electron chi connectivity index (χ1n) is 7.07. The van der Waals surface area contributed by atoms with Gasteiger partial charge in [0, 0.05) is 18.0 Å². The van der Waals surface area contributed by atoms with Crippen molar-refractivity contribution >= 4 is 40.8 Å². The highest BCUT2D eigenvalue weighted by Gasteiger charge is 2.37. The number of carbonyl (C=O) groups is 2. The summed E-state index contributed by atoms with van der Waals surface area (Å²) in [6.07, 6.45) is 0.102. The fraction of sp³-hybridized carbons (Fsp3) is 0.176. The van der Waals surface area contributed by atoms with Crippen molar-refractivity contribution in [2.45, 2.75) is 6.42 Å². The molecule has 1 atom stereocenters. The van der Waals surface area contributed by atoms with Crippen molar-refractivity contribution in [1.82, 2.24) is 0 Å². The summed E-state index contributed by atoms with van der Waals surface area (Å²) >= 11 is 12.0. The molecule has 0 aromatic heterocycles. The van der Waals surface area contributed by atoms with Gasteiger partial charge in [0.2, 0.25) is 5.91 Å². The van der Waals surface area contributed by atoms with Crippen molar-refractivity contribution < 1.29 is 14.3 Å². The van der Waals surface area contributed by atoms with Crippen LogP contribution >= 0.6 is 23.2 Å². The first kappa shape index (κ1) is 15.8. The summed E-state index contributed by atoms with van der Waals surface area (Å²) in [6, 6.07) is 13.6. The fourth-order valence-electron chi connectivity index (χ4n) is 2.50. The van der Waals surface area contributed by atoms with E-state index in [-0.39, 0.29) is 18.9 Å². The molecule has 4 nitrogen and oxygen atoms in total. The van der Waals surface area contributed by atoms with Crippen molar-refractivity contribution in [3.8, 4) is 5.75 Å². The Balaban J connectivity index is 1.72. The monoisotopic (exact) mass is 349 g/mol. The van der Waals surface area contributed by atoms with Crippen molar-refractivity contribution in [2.75, 3.05) is 11.4 Å². The maximum absolute atomic E-state index is 12.3. The number of benzene rings is 2. The molecule has 1 saturated heterocycles. The van der Waals surface area contributed by atoms with Crippen LogP contribution < -0.4 is 9.64 Å². The zero-order valence-corrected chi connectivity index (χ0v) is 13.6. The molecule has 1 fully saturated rings. The van der Waals surface area contributed by atoms with Gasteiger partial charge in [-0.3, -0.25) is 9.59 Å². The molecule has 0 N–H and O–H groups in total. The van der Waals surface area contributed by atoms with E-state index in [9.17, 15) is 9.59 Å². The van der Waals surface area contributed by atoms with Crippen molar-refractivity contribution in [1.29, 1.82) is 0 Å². The van der Waals surface area contributed by atoms with E-state index in [2.05, 4.69) is 0 Å². The van der Waals surface area contributed by atoms with Crippen molar-refractivity contribution in [3.05, 3.63) is 58.6 Å². The summed E-state index contributed by atoms with van der Waals surface area (Å²) in [5.41, 5.74) is 0.609. The lowest BCUT2D eigenvalue weighted by Gasteiger charge is -2.17. The number of hydrogen-bond donors (Lipinski definition) is 0. The van der Waals surface area contributed by atoms with Crippen LogP contribution in [0.5, 0.6) is 5.75 Å². The number of rotatable bonds is 3. The van der Waals surface area contributed by atoms with Gasteiger partial charge in [0.15, 0.2) is 0 Å². The average molecular weight is 350 g/mol. The minimum Gasteiger partial charge on any atom is -0.426 e. The van der Waals surface area contributed by atoms with Gasteiger partial charge in [-0.05, 0) is 30.3 Å². The van der Waals surface area contributed by atoms with E-state index in [1.807, 2.05) is 0 Å². The highest BCUT2D eigenvalue weighted by Crippen LogP contribution is 2.31. The van der Waals surface area contributed by atoms with Gasteiger partial charge in [0.25, 0.3) is 0 Å². The number of amides is 1. The Hall–Kier alpha value is -2.04. The van der Waals surface area contributed by atoms with E-state index >= 15 is 0 Å². The maximum Gasteiger partial charge on any atom is 0.316 e. The number of halogens is 2. The van der Waals surface area contributed by atoms with E-state index in [4.69, 9.17) is 27.9 Å². The van der Waals surface area contributed by atoms with Gasteiger partial charge in [-0.1, -0.05) is 41.4 Å². The highest BCUT2D eigenvalue weighted by molar-refractivity contribution is 6.34. The molecule has 1 aliphatic heterocycles. The molecule has 23 heavy (non-hydrogen) atoms. The van der Waals surface area contributed by atoms with Crippen LogP contribution in [0.4, 0.5) is 5.69 Å². The Bertz CT molecular complexity index is 763. The van der Waals surface area contributed by atoms with Crippen LogP contribution in [0.2, 0.25) is 10.0 Å². The van der Waals surface area contributed by atoms with Crippen LogP contribution in [-0.4, -0.2) is 18.4 Å². The second-order valence-electron chi connectivity index (χ2n) is 5.24. The molecule has 2 aromatic rings. The van der Waals surface area contributed by atoms with Crippen molar-refractivity contribution in [2.24, 2.45) is 5.92 Å². The van der Waals surface area contributed by atoms with E-state index in [0.29, 0.717) is 21.5 Å². The first-order valence-corrected chi connectivity index (χ1v) is 7.82. The number of anilines is 1. The van der Waals surface area contributed by atoms with Gasteiger partial charge in [-0.25, -0.2) is 0 Å². The minimum absolute atomic E-state index is 0.102. The van der Waals surface area contributed by atoms with Crippen LogP contribution in [0.3, 0.4) is 0 Å². The van der Waals surface area contributed by atoms with Gasteiger partial charge in [-0.15, -0.1) is 0 Å². The molecule has 0 spiro atoms. The van der Waals surface area contributed by atoms with E-state index in [0.717, 1.165) is 0 Å². The predicted molar refractivity (Wildman–Crippen MR) is 89.0 cm³/mol. The largest absolute Gasteiger partial charge is 0.426 e. The van der Waals surface area contributed by atoms with E-state index in [1.54, 1.807) is 48.5 Å². The number of ether oxygens (including phenoxy) is 1. The molecule has 2 aromatic carbocycles. The summed E-state index contributed by atoms with van der Waals surface area (Å²) in [7, 11) is 0. The van der Waals surface area contributed by atoms with E-state index < -0.39 is 11.9 Å². The molecule has 1 amide bonds. The molecule has 0 bridgehead atoms. The standard InChI is InChI=1S/C17H13Cl2NO3/c18-12-4-3-5-13(9-12)23-17(22)11-8-16(21)20(10-11)15-7-2-1-6-14(15)19/h1-7,9,11H,8,10H2. The summed E-state index contributed by atoms with van der Waals surface area (Å²) in [5.74, 6) is -0.759. The van der Waals surface area contributed by atoms with Crippen LogP contribution in [0.1, 0.15) is 6.42 Å². The number of nitrogens with zero attached hydrogens (tertiary/aromatic N) is 1. The molecule has 1 aliphatic rings. The molecule has 1 heterocycles. The zero-order chi connectivity index (χ0) is 16.4. The molecular weight excluding hydrogens is 337 g/mol. The van der Waals surface area contributed by atoms with Crippen LogP contribution in [0, 0.1) is 5.92 Å². The van der Waals surface area contributed by atoms with Gasteiger partial charge >= 0.3 is 5.97 Å². The van der Waals surface area contributed by atoms with Gasteiger partial charge in [0.1, 0.15) is 5.75 Å². The average Bonchev–Trinajstić information content (AvgIpc) is 2.90. The third-order valence-electron chi connectivity index (χ3n) is 3.62. The molecule has 0 radical (unpaired) electrons. The van der Waals surface area contributed by atoms with Crippen LogP contribution in [-0.2, 0) is 9.59 Å². The number of hydrogen-bond acceptors (Lipinski definition) is 3. The highest BCUT2D eigenvalue weighted by atomic mass is 35.5. The molecule has 0 saturated carbocycles. The Morgan fingerprint density at radius 2 is 1.91 bits per heavy atom. The number of esters is 1. The van der Waals surface area contributed by atoms with Gasteiger partial charge < -0.3 is 9.64 Å². The topological polar surface area (TPSA) is 46.6 Å². The summed E-state index contributed by atoms with van der Waals surface area (Å²) in [6.45, 7) is 0.252. The lowest BCUT2D eigenvalue weighted by Crippen LogP contribution is -2.27. The Morgan fingerprint density at radius 3 is 2.65 bits per heavy atom. The first-order chi connectivity index (χ1) is 11.0. The molecule has 118 valence electrons. The van der Waals surface area contributed by atoms with E-state index in [1.165, 1.54) is 4.90 Å². The minimum atomic E-state index is -0.530. The lowest BCUT2D eigenvalue weighted by atomic mass is 10.1. The zero-order valence-electron chi connectivity index (χ0n) is 12.0. The predicted octanol–water partition coefficient (Wildman–Crippen LogP) is 3.95. The third-order valence-corrected chi connectivity index (χ3v) is 4.17. The number of carbonyl (C=O) groups excluding carboxylic acids is 2. The van der Waals surface area contributed by atoms with Gasteiger partial charge in [-0.2, -0.15) is 0 Å². The second-order valence-corrected chi connectivity index (χ2v) is 6.08. The SMILES string of the molecule is O=C(Oc1cccc(Cl)c1)C1CC(=O)N(c2ccccc2Cl)C1. The van der Waals surface area contributed by atoms with Gasteiger partial charge in [0.05, 0.1) is 16.6 Å². The second kappa shape index (κ2) is 6.60. The smallest absolute Gasteiger partial charge is 0.316 e. The van der Waals surface area contributed by atoms with Crippen LogP contribution in [0.15, 0.2) is 48.5 Å². The quantitative estimate of drug-likeness (QED) is 0.622. The third kappa shape index (κ3) is 3.49. The molecule has 6 heteroatoms. The normalized spacial score (nSPS) is 17.4.